The number of carbonyl (C=O) groups excluding carboxylic acids is 1. The van der Waals surface area contributed by atoms with E-state index in [0.29, 0.717) is 5.95 Å². The Hall–Kier alpha value is -2.46. The molecule has 0 saturated heterocycles. The minimum Gasteiger partial charge on any atom is -0.611 e. The van der Waals surface area contributed by atoms with Crippen LogP contribution in [0.2, 0.25) is 0 Å². The first kappa shape index (κ1) is 23.2. The Balaban J connectivity index is 1.46. The van der Waals surface area contributed by atoms with Gasteiger partial charge in [-0.15, -0.1) is 0 Å². The molecular formula is C21H27F2N5O2S. The average Bonchev–Trinajstić information content (AvgIpc) is 2.72. The molecule has 168 valence electrons. The van der Waals surface area contributed by atoms with Gasteiger partial charge in [0.05, 0.1) is 0 Å². The van der Waals surface area contributed by atoms with Crippen LogP contribution < -0.4 is 15.5 Å². The molecule has 0 bridgehead atoms. The van der Waals surface area contributed by atoms with Gasteiger partial charge in [0.15, 0.2) is 22.3 Å². The van der Waals surface area contributed by atoms with Gasteiger partial charge in [0.1, 0.15) is 5.82 Å². The molecule has 1 aliphatic rings. The number of rotatable bonds is 7. The number of anilines is 2. The minimum absolute atomic E-state index is 0.0104. The third-order valence-electron chi connectivity index (χ3n) is 5.21. The summed E-state index contributed by atoms with van der Waals surface area (Å²) in [4.78, 5) is 23.2. The van der Waals surface area contributed by atoms with E-state index < -0.39 is 22.8 Å². The van der Waals surface area contributed by atoms with Gasteiger partial charge in [-0.2, -0.15) is 4.98 Å². The van der Waals surface area contributed by atoms with E-state index in [1.165, 1.54) is 6.07 Å². The fraction of sp³-hybridized carbons (Fsp3) is 0.476. The smallest absolute Gasteiger partial charge is 0.270 e. The van der Waals surface area contributed by atoms with Crippen LogP contribution in [-0.4, -0.2) is 52.4 Å². The number of aromatic nitrogens is 2. The van der Waals surface area contributed by atoms with E-state index in [1.54, 1.807) is 6.20 Å². The lowest BCUT2D eigenvalue weighted by Gasteiger charge is -2.30. The Morgan fingerprint density at radius 1 is 1.19 bits per heavy atom. The summed E-state index contributed by atoms with van der Waals surface area (Å²) >= 11 is -1.73. The molecule has 31 heavy (non-hydrogen) atoms. The number of amides is 1. The summed E-state index contributed by atoms with van der Waals surface area (Å²) in [5, 5.41) is 6.26. The fourth-order valence-corrected chi connectivity index (χ4v) is 4.55. The molecule has 0 radical (unpaired) electrons. The number of hydrogen-bond donors (Lipinski definition) is 2. The summed E-state index contributed by atoms with van der Waals surface area (Å²) in [5.41, 5.74) is 1.00. The van der Waals surface area contributed by atoms with E-state index in [2.05, 4.69) is 20.6 Å². The highest BCUT2D eigenvalue weighted by atomic mass is 32.2. The molecule has 0 spiro atoms. The first-order chi connectivity index (χ1) is 14.7. The number of benzene rings is 1. The topological polar surface area (TPSA) is 93.2 Å². The second kappa shape index (κ2) is 10.2. The van der Waals surface area contributed by atoms with E-state index >= 15 is 0 Å². The highest BCUT2D eigenvalue weighted by Gasteiger charge is 2.25. The van der Waals surface area contributed by atoms with Crippen LogP contribution in [0.3, 0.4) is 0 Å². The number of halogens is 2. The number of nitrogens with zero attached hydrogens (tertiary/aromatic N) is 3. The van der Waals surface area contributed by atoms with E-state index in [0.717, 1.165) is 49.2 Å². The molecule has 3 rings (SSSR count). The first-order valence-electron chi connectivity index (χ1n) is 10.1. The van der Waals surface area contributed by atoms with Gasteiger partial charge < -0.3 is 20.1 Å². The van der Waals surface area contributed by atoms with Gasteiger partial charge in [-0.25, -0.2) is 13.8 Å². The third kappa shape index (κ3) is 6.27. The molecule has 1 aromatic carbocycles. The Kier molecular flexibility index (Phi) is 7.66. The van der Waals surface area contributed by atoms with Crippen molar-refractivity contribution >= 4 is 28.8 Å². The number of aryl methyl sites for hydroxylation is 1. The second-order valence-electron chi connectivity index (χ2n) is 7.92. The van der Waals surface area contributed by atoms with Crippen molar-refractivity contribution < 1.29 is 18.1 Å². The average molecular weight is 452 g/mol. The van der Waals surface area contributed by atoms with Crippen LogP contribution in [0.4, 0.5) is 20.5 Å². The number of carbonyl (C=O) groups is 1. The Labute approximate surface area is 183 Å². The highest BCUT2D eigenvalue weighted by Crippen LogP contribution is 2.23. The van der Waals surface area contributed by atoms with E-state index in [-0.39, 0.29) is 28.6 Å². The lowest BCUT2D eigenvalue weighted by atomic mass is 9.91. The second-order valence-corrected chi connectivity index (χ2v) is 9.37. The van der Waals surface area contributed by atoms with Crippen LogP contribution >= 0.6 is 0 Å². The van der Waals surface area contributed by atoms with Crippen molar-refractivity contribution in [2.45, 2.75) is 49.6 Å². The van der Waals surface area contributed by atoms with Gasteiger partial charge in [0.25, 0.3) is 5.91 Å². The van der Waals surface area contributed by atoms with Crippen LogP contribution in [0, 0.1) is 18.6 Å². The van der Waals surface area contributed by atoms with Crippen molar-refractivity contribution in [1.29, 1.82) is 0 Å². The predicted molar refractivity (Wildman–Crippen MR) is 117 cm³/mol. The van der Waals surface area contributed by atoms with Crippen LogP contribution in [0.25, 0.3) is 0 Å². The SMILES string of the molecule is Cc1cnc(NC2CCC(NC(=O)C[S+]([O-])c3ccc(F)c(F)c3)CC2)nc1N(C)C. The molecule has 2 N–H and O–H groups in total. The van der Waals surface area contributed by atoms with Crippen molar-refractivity contribution in [2.75, 3.05) is 30.1 Å². The maximum Gasteiger partial charge on any atom is 0.270 e. The zero-order chi connectivity index (χ0) is 22.5. The largest absolute Gasteiger partial charge is 0.611 e. The normalized spacial score (nSPS) is 19.5. The van der Waals surface area contributed by atoms with Crippen molar-refractivity contribution in [3.63, 3.8) is 0 Å². The van der Waals surface area contributed by atoms with Gasteiger partial charge in [-0.3, -0.25) is 4.79 Å². The fourth-order valence-electron chi connectivity index (χ4n) is 3.61. The van der Waals surface area contributed by atoms with Crippen molar-refractivity contribution in [1.82, 2.24) is 15.3 Å². The number of hydrogen-bond acceptors (Lipinski definition) is 6. The van der Waals surface area contributed by atoms with Crippen LogP contribution in [0.5, 0.6) is 0 Å². The van der Waals surface area contributed by atoms with E-state index in [1.807, 2.05) is 25.9 Å². The zero-order valence-corrected chi connectivity index (χ0v) is 18.6. The van der Waals surface area contributed by atoms with E-state index in [4.69, 9.17) is 0 Å². The van der Waals surface area contributed by atoms with Crippen LogP contribution in [0.15, 0.2) is 29.3 Å². The summed E-state index contributed by atoms with van der Waals surface area (Å²) in [7, 11) is 3.87. The van der Waals surface area contributed by atoms with Gasteiger partial charge in [-0.1, -0.05) is 0 Å². The first-order valence-corrected chi connectivity index (χ1v) is 11.4. The van der Waals surface area contributed by atoms with Crippen LogP contribution in [0.1, 0.15) is 31.2 Å². The quantitative estimate of drug-likeness (QED) is 0.629. The van der Waals surface area contributed by atoms with Gasteiger partial charge >= 0.3 is 0 Å². The molecule has 10 heteroatoms. The van der Waals surface area contributed by atoms with Crippen molar-refractivity contribution in [3.8, 4) is 0 Å². The van der Waals surface area contributed by atoms with E-state index in [9.17, 15) is 18.1 Å². The summed E-state index contributed by atoms with van der Waals surface area (Å²) < 4.78 is 38.6. The minimum atomic E-state index is -1.73. The molecular weight excluding hydrogens is 424 g/mol. The van der Waals surface area contributed by atoms with Gasteiger partial charge in [-0.05, 0) is 55.9 Å². The molecule has 7 nitrogen and oxygen atoms in total. The molecule has 1 saturated carbocycles. The summed E-state index contributed by atoms with van der Waals surface area (Å²) in [5.74, 6) is -1.28. The number of nitrogens with one attached hydrogen (secondary N) is 2. The Morgan fingerprint density at radius 2 is 1.87 bits per heavy atom. The molecule has 1 unspecified atom stereocenters. The highest BCUT2D eigenvalue weighted by molar-refractivity contribution is 7.92. The molecule has 0 aliphatic heterocycles. The monoisotopic (exact) mass is 451 g/mol. The summed E-state index contributed by atoms with van der Waals surface area (Å²) in [6, 6.07) is 3.21. The summed E-state index contributed by atoms with van der Waals surface area (Å²) in [6.07, 6.45) is 5.02. The molecule has 1 atom stereocenters. The van der Waals surface area contributed by atoms with Gasteiger partial charge in [0.2, 0.25) is 5.95 Å². The van der Waals surface area contributed by atoms with Crippen molar-refractivity contribution in [3.05, 3.63) is 41.6 Å². The Morgan fingerprint density at radius 3 is 2.52 bits per heavy atom. The molecule has 1 amide bonds. The maximum atomic E-state index is 13.3. The molecule has 1 aliphatic carbocycles. The molecule has 1 aromatic heterocycles. The lowest BCUT2D eigenvalue weighted by molar-refractivity contribution is -0.119. The third-order valence-corrected chi connectivity index (χ3v) is 6.51. The van der Waals surface area contributed by atoms with Crippen LogP contribution in [-0.2, 0) is 16.0 Å². The zero-order valence-electron chi connectivity index (χ0n) is 17.8. The molecule has 1 fully saturated rings. The van der Waals surface area contributed by atoms with Crippen molar-refractivity contribution in [2.24, 2.45) is 0 Å². The standard InChI is InChI=1S/C21H27F2N5O2S/c1-13-11-24-21(27-20(13)28(2)3)26-15-6-4-14(5-7-15)25-19(29)12-31(30)16-8-9-17(22)18(23)10-16/h8-11,14-15H,4-7,12H2,1-3H3,(H,25,29)(H,24,26,27). The summed E-state index contributed by atoms with van der Waals surface area (Å²) in [6.45, 7) is 1.96. The Bertz CT molecular complexity index is 923. The van der Waals surface area contributed by atoms with Gasteiger partial charge in [0, 0.05) is 44.0 Å². The molecule has 1 heterocycles. The molecule has 2 aromatic rings. The predicted octanol–water partition coefficient (Wildman–Crippen LogP) is 2.78. The lowest BCUT2D eigenvalue weighted by Crippen LogP contribution is -2.42. The maximum absolute atomic E-state index is 13.3.